The maximum atomic E-state index is 12.8. The Balaban J connectivity index is 1.61. The highest BCUT2D eigenvalue weighted by Crippen LogP contribution is 2.20. The van der Waals surface area contributed by atoms with Crippen LogP contribution in [0.2, 0.25) is 0 Å². The third-order valence-electron chi connectivity index (χ3n) is 4.54. The summed E-state index contributed by atoms with van der Waals surface area (Å²) in [6.45, 7) is 4.52. The van der Waals surface area contributed by atoms with Gasteiger partial charge in [0, 0.05) is 31.0 Å². The zero-order valence-electron chi connectivity index (χ0n) is 16.1. The standard InChI is InChI=1S/C23H23N3O2/c1-17(2)26(16-19-10-8-18(14-24)9-11-19)23(27)13-12-22-25-15-21(28-22)20-6-4-3-5-7-20/h3-11,15,17H,12-13,16H2,1-2H3. The number of aryl methyl sites for hydroxylation is 1. The fourth-order valence-electron chi connectivity index (χ4n) is 2.96. The summed E-state index contributed by atoms with van der Waals surface area (Å²) in [5.74, 6) is 1.33. The zero-order valence-corrected chi connectivity index (χ0v) is 16.1. The molecule has 0 fully saturated rings. The molecular weight excluding hydrogens is 350 g/mol. The van der Waals surface area contributed by atoms with Gasteiger partial charge in [0.15, 0.2) is 11.7 Å². The van der Waals surface area contributed by atoms with Gasteiger partial charge in [0.25, 0.3) is 0 Å². The Hall–Kier alpha value is -3.39. The third-order valence-corrected chi connectivity index (χ3v) is 4.54. The van der Waals surface area contributed by atoms with E-state index in [1.165, 1.54) is 0 Å². The molecule has 0 bridgehead atoms. The molecule has 5 nitrogen and oxygen atoms in total. The second-order valence-corrected chi connectivity index (χ2v) is 6.91. The molecule has 0 saturated carbocycles. The van der Waals surface area contributed by atoms with Crippen LogP contribution in [0.1, 0.15) is 37.3 Å². The van der Waals surface area contributed by atoms with Gasteiger partial charge < -0.3 is 9.32 Å². The molecular formula is C23H23N3O2. The van der Waals surface area contributed by atoms with E-state index in [4.69, 9.17) is 9.68 Å². The molecule has 142 valence electrons. The van der Waals surface area contributed by atoms with E-state index >= 15 is 0 Å². The second kappa shape index (κ2) is 9.01. The fraction of sp³-hybridized carbons (Fsp3) is 0.261. The van der Waals surface area contributed by atoms with Crippen LogP contribution in [0.15, 0.2) is 65.2 Å². The fourth-order valence-corrected chi connectivity index (χ4v) is 2.96. The summed E-state index contributed by atoms with van der Waals surface area (Å²) in [4.78, 5) is 18.9. The van der Waals surface area contributed by atoms with Crippen molar-refractivity contribution in [2.45, 2.75) is 39.3 Å². The molecule has 0 saturated heterocycles. The lowest BCUT2D eigenvalue weighted by atomic mass is 10.1. The van der Waals surface area contributed by atoms with Crippen molar-refractivity contribution in [3.8, 4) is 17.4 Å². The summed E-state index contributed by atoms with van der Waals surface area (Å²) in [5.41, 5.74) is 2.59. The van der Waals surface area contributed by atoms with E-state index in [1.54, 1.807) is 18.3 Å². The van der Waals surface area contributed by atoms with Crippen LogP contribution in [-0.4, -0.2) is 21.8 Å². The van der Waals surface area contributed by atoms with Crippen LogP contribution in [-0.2, 0) is 17.8 Å². The number of hydrogen-bond acceptors (Lipinski definition) is 4. The smallest absolute Gasteiger partial charge is 0.223 e. The largest absolute Gasteiger partial charge is 0.441 e. The highest BCUT2D eigenvalue weighted by Gasteiger charge is 2.18. The highest BCUT2D eigenvalue weighted by atomic mass is 16.4. The van der Waals surface area contributed by atoms with Gasteiger partial charge in [-0.1, -0.05) is 42.5 Å². The molecule has 0 unspecified atom stereocenters. The molecule has 5 heteroatoms. The molecule has 28 heavy (non-hydrogen) atoms. The Morgan fingerprint density at radius 2 is 1.86 bits per heavy atom. The molecule has 0 aliphatic heterocycles. The van der Waals surface area contributed by atoms with Crippen molar-refractivity contribution in [2.24, 2.45) is 0 Å². The first-order valence-corrected chi connectivity index (χ1v) is 9.35. The van der Waals surface area contributed by atoms with Gasteiger partial charge in [-0.3, -0.25) is 4.79 Å². The van der Waals surface area contributed by atoms with Crippen LogP contribution < -0.4 is 0 Å². The number of nitriles is 1. The minimum Gasteiger partial charge on any atom is -0.441 e. The van der Waals surface area contributed by atoms with Gasteiger partial charge >= 0.3 is 0 Å². The number of oxazole rings is 1. The molecule has 3 rings (SSSR count). The Bertz CT molecular complexity index is 954. The van der Waals surface area contributed by atoms with Crippen molar-refractivity contribution >= 4 is 5.91 Å². The predicted octanol–water partition coefficient (Wildman–Crippen LogP) is 4.58. The SMILES string of the molecule is CC(C)N(Cc1ccc(C#N)cc1)C(=O)CCc1ncc(-c2ccccc2)o1. The number of amides is 1. The van der Waals surface area contributed by atoms with Crippen LogP contribution >= 0.6 is 0 Å². The first-order chi connectivity index (χ1) is 13.6. The highest BCUT2D eigenvalue weighted by molar-refractivity contribution is 5.76. The number of benzene rings is 2. The third kappa shape index (κ3) is 4.86. The number of carbonyl (C=O) groups is 1. The van der Waals surface area contributed by atoms with Crippen molar-refractivity contribution in [3.05, 3.63) is 77.8 Å². The minimum atomic E-state index is 0.0545. The monoisotopic (exact) mass is 373 g/mol. The summed E-state index contributed by atoms with van der Waals surface area (Å²) >= 11 is 0. The summed E-state index contributed by atoms with van der Waals surface area (Å²) in [6, 6.07) is 19.3. The lowest BCUT2D eigenvalue weighted by Gasteiger charge is -2.27. The van der Waals surface area contributed by atoms with Crippen LogP contribution in [0, 0.1) is 11.3 Å². The van der Waals surface area contributed by atoms with Crippen molar-refractivity contribution in [3.63, 3.8) is 0 Å². The molecule has 0 aliphatic carbocycles. The number of hydrogen-bond donors (Lipinski definition) is 0. The van der Waals surface area contributed by atoms with E-state index in [0.29, 0.717) is 36.6 Å². The summed E-state index contributed by atoms with van der Waals surface area (Å²) < 4.78 is 5.79. The van der Waals surface area contributed by atoms with Crippen molar-refractivity contribution in [1.82, 2.24) is 9.88 Å². The molecule has 0 radical (unpaired) electrons. The van der Waals surface area contributed by atoms with Crippen molar-refractivity contribution < 1.29 is 9.21 Å². The zero-order chi connectivity index (χ0) is 19.9. The molecule has 3 aromatic rings. The van der Waals surface area contributed by atoms with E-state index in [0.717, 1.165) is 11.1 Å². The molecule has 0 N–H and O–H groups in total. The van der Waals surface area contributed by atoms with Crippen LogP contribution in [0.4, 0.5) is 0 Å². The average molecular weight is 373 g/mol. The molecule has 1 amide bonds. The van der Waals surface area contributed by atoms with Crippen molar-refractivity contribution in [1.29, 1.82) is 5.26 Å². The average Bonchev–Trinajstić information content (AvgIpc) is 3.20. The lowest BCUT2D eigenvalue weighted by Crippen LogP contribution is -2.36. The topological polar surface area (TPSA) is 70.1 Å². The first-order valence-electron chi connectivity index (χ1n) is 9.35. The molecule has 0 aliphatic rings. The van der Waals surface area contributed by atoms with Crippen LogP contribution in [0.5, 0.6) is 0 Å². The summed E-state index contributed by atoms with van der Waals surface area (Å²) in [5, 5.41) is 8.91. The molecule has 1 aromatic heterocycles. The van der Waals surface area contributed by atoms with E-state index in [9.17, 15) is 4.79 Å². The van der Waals surface area contributed by atoms with Gasteiger partial charge in [-0.25, -0.2) is 4.98 Å². The molecule has 0 spiro atoms. The van der Waals surface area contributed by atoms with Crippen molar-refractivity contribution in [2.75, 3.05) is 0 Å². The number of carbonyl (C=O) groups excluding carboxylic acids is 1. The van der Waals surface area contributed by atoms with Crippen LogP contribution in [0.3, 0.4) is 0 Å². The van der Waals surface area contributed by atoms with Gasteiger partial charge in [0.1, 0.15) is 0 Å². The van der Waals surface area contributed by atoms with Crippen LogP contribution in [0.25, 0.3) is 11.3 Å². The Morgan fingerprint density at radius 1 is 1.14 bits per heavy atom. The Kier molecular flexibility index (Phi) is 6.23. The van der Waals surface area contributed by atoms with E-state index in [1.807, 2.05) is 61.2 Å². The van der Waals surface area contributed by atoms with Gasteiger partial charge in [0.05, 0.1) is 17.8 Å². The summed E-state index contributed by atoms with van der Waals surface area (Å²) in [7, 11) is 0. The van der Waals surface area contributed by atoms with Gasteiger partial charge in [0.2, 0.25) is 5.91 Å². The minimum absolute atomic E-state index is 0.0545. The van der Waals surface area contributed by atoms with E-state index in [-0.39, 0.29) is 11.9 Å². The normalized spacial score (nSPS) is 10.6. The Morgan fingerprint density at radius 3 is 2.50 bits per heavy atom. The molecule has 0 atom stereocenters. The lowest BCUT2D eigenvalue weighted by molar-refractivity contribution is -0.133. The quantitative estimate of drug-likeness (QED) is 0.608. The predicted molar refractivity (Wildman–Crippen MR) is 107 cm³/mol. The Labute approximate surface area is 165 Å². The second-order valence-electron chi connectivity index (χ2n) is 6.91. The van der Waals surface area contributed by atoms with Gasteiger partial charge in [-0.2, -0.15) is 5.26 Å². The number of nitrogens with zero attached hydrogens (tertiary/aromatic N) is 3. The van der Waals surface area contributed by atoms with Gasteiger partial charge in [-0.05, 0) is 31.5 Å². The summed E-state index contributed by atoms with van der Waals surface area (Å²) in [6.07, 6.45) is 2.50. The maximum Gasteiger partial charge on any atom is 0.223 e. The number of aromatic nitrogens is 1. The first kappa shape index (κ1) is 19.4. The number of rotatable bonds is 7. The molecule has 1 heterocycles. The van der Waals surface area contributed by atoms with E-state index in [2.05, 4.69) is 11.1 Å². The molecule has 2 aromatic carbocycles. The van der Waals surface area contributed by atoms with E-state index < -0.39 is 0 Å². The maximum absolute atomic E-state index is 12.8. The van der Waals surface area contributed by atoms with Gasteiger partial charge in [-0.15, -0.1) is 0 Å².